The lowest BCUT2D eigenvalue weighted by molar-refractivity contribution is -0.274. The lowest BCUT2D eigenvalue weighted by Gasteiger charge is -2.26. The van der Waals surface area contributed by atoms with Gasteiger partial charge in [-0.25, -0.2) is 0 Å². The fourth-order valence-electron chi connectivity index (χ4n) is 4.52. The van der Waals surface area contributed by atoms with E-state index in [0.29, 0.717) is 22.4 Å². The number of aliphatic hydroxyl groups excluding tert-OH is 1. The second kappa shape index (κ2) is 10.1. The molecule has 0 spiro atoms. The molecule has 1 heterocycles. The Hall–Kier alpha value is -4.27. The van der Waals surface area contributed by atoms with Crippen molar-refractivity contribution >= 4 is 23.1 Å². The highest BCUT2D eigenvalue weighted by molar-refractivity contribution is 6.51. The molecule has 1 N–H and O–H groups in total. The van der Waals surface area contributed by atoms with Gasteiger partial charge in [-0.15, -0.1) is 13.2 Å². The smallest absolute Gasteiger partial charge is 0.507 e. The summed E-state index contributed by atoms with van der Waals surface area (Å²) in [6, 6.07) is 15.7. The van der Waals surface area contributed by atoms with Gasteiger partial charge in [-0.3, -0.25) is 14.5 Å². The van der Waals surface area contributed by atoms with Gasteiger partial charge >= 0.3 is 6.36 Å². The van der Waals surface area contributed by atoms with Gasteiger partial charge in [-0.2, -0.15) is 0 Å². The van der Waals surface area contributed by atoms with Crippen LogP contribution in [0.2, 0.25) is 0 Å². The van der Waals surface area contributed by atoms with Crippen LogP contribution in [0.4, 0.5) is 18.9 Å². The van der Waals surface area contributed by atoms with Crippen LogP contribution in [0, 0.1) is 6.92 Å². The largest absolute Gasteiger partial charge is 0.573 e. The molecule has 1 fully saturated rings. The number of Topliss-reactive ketones (excluding diaryl/α,β-unsaturated/α-hetero) is 1. The van der Waals surface area contributed by atoms with E-state index in [4.69, 9.17) is 4.74 Å². The average molecular weight is 540 g/mol. The molecular formula is C30H28F3NO5. The molecule has 1 amide bonds. The van der Waals surface area contributed by atoms with Crippen LogP contribution in [-0.2, 0) is 15.0 Å². The molecule has 39 heavy (non-hydrogen) atoms. The lowest BCUT2D eigenvalue weighted by Crippen LogP contribution is -2.29. The maximum Gasteiger partial charge on any atom is 0.573 e. The summed E-state index contributed by atoms with van der Waals surface area (Å²) in [7, 11) is 1.48. The van der Waals surface area contributed by atoms with Gasteiger partial charge in [0, 0.05) is 17.3 Å². The van der Waals surface area contributed by atoms with Crippen LogP contribution in [0.1, 0.15) is 49.1 Å². The highest BCUT2D eigenvalue weighted by Crippen LogP contribution is 2.44. The Morgan fingerprint density at radius 3 is 2.18 bits per heavy atom. The number of methoxy groups -OCH3 is 1. The molecule has 0 radical (unpaired) electrons. The Balaban J connectivity index is 1.94. The minimum absolute atomic E-state index is 0.00103. The zero-order chi connectivity index (χ0) is 28.7. The van der Waals surface area contributed by atoms with Crippen LogP contribution in [0.25, 0.3) is 5.76 Å². The zero-order valence-corrected chi connectivity index (χ0v) is 22.1. The molecule has 0 saturated carbocycles. The Morgan fingerprint density at radius 1 is 0.923 bits per heavy atom. The van der Waals surface area contributed by atoms with Crippen molar-refractivity contribution in [1.82, 2.24) is 0 Å². The van der Waals surface area contributed by atoms with Crippen molar-refractivity contribution in [3.05, 3.63) is 94.6 Å². The highest BCUT2D eigenvalue weighted by atomic mass is 19.4. The molecule has 1 unspecified atom stereocenters. The molecule has 3 aromatic carbocycles. The quantitative estimate of drug-likeness (QED) is 0.219. The van der Waals surface area contributed by atoms with Crippen molar-refractivity contribution in [2.24, 2.45) is 0 Å². The van der Waals surface area contributed by atoms with Crippen molar-refractivity contribution in [2.45, 2.75) is 45.5 Å². The van der Waals surface area contributed by atoms with E-state index in [0.717, 1.165) is 22.6 Å². The molecule has 0 aliphatic carbocycles. The number of hydrogen-bond donors (Lipinski definition) is 1. The Bertz CT molecular complexity index is 1450. The monoisotopic (exact) mass is 539 g/mol. The van der Waals surface area contributed by atoms with Gasteiger partial charge in [0.2, 0.25) is 0 Å². The van der Waals surface area contributed by atoms with Crippen molar-refractivity contribution in [3.8, 4) is 11.5 Å². The minimum Gasteiger partial charge on any atom is -0.507 e. The van der Waals surface area contributed by atoms with Crippen LogP contribution in [0.3, 0.4) is 0 Å². The third-order valence-electron chi connectivity index (χ3n) is 6.56. The highest BCUT2D eigenvalue weighted by Gasteiger charge is 2.47. The first-order valence-electron chi connectivity index (χ1n) is 12.1. The number of carbonyl (C=O) groups excluding carboxylic acids is 2. The lowest BCUT2D eigenvalue weighted by atomic mass is 9.84. The van der Waals surface area contributed by atoms with E-state index in [2.05, 4.69) is 4.74 Å². The first-order chi connectivity index (χ1) is 18.2. The Kier molecular flexibility index (Phi) is 7.21. The summed E-state index contributed by atoms with van der Waals surface area (Å²) in [5, 5.41) is 11.6. The average Bonchev–Trinajstić information content (AvgIpc) is 3.12. The predicted molar refractivity (Wildman–Crippen MR) is 141 cm³/mol. The van der Waals surface area contributed by atoms with Crippen LogP contribution >= 0.6 is 0 Å². The number of ketones is 1. The van der Waals surface area contributed by atoms with Crippen molar-refractivity contribution in [1.29, 1.82) is 0 Å². The third-order valence-corrected chi connectivity index (χ3v) is 6.56. The van der Waals surface area contributed by atoms with Gasteiger partial charge in [0.25, 0.3) is 11.7 Å². The molecular weight excluding hydrogens is 511 g/mol. The second-order valence-corrected chi connectivity index (χ2v) is 10.3. The van der Waals surface area contributed by atoms with Gasteiger partial charge in [-0.1, -0.05) is 51.1 Å². The number of amides is 1. The second-order valence-electron chi connectivity index (χ2n) is 10.3. The van der Waals surface area contributed by atoms with Crippen LogP contribution in [0.15, 0.2) is 72.3 Å². The van der Waals surface area contributed by atoms with Crippen LogP contribution in [-0.4, -0.2) is 30.3 Å². The minimum atomic E-state index is -4.95. The zero-order valence-electron chi connectivity index (χ0n) is 22.1. The number of rotatable bonds is 5. The Labute approximate surface area is 224 Å². The maximum atomic E-state index is 13.5. The maximum absolute atomic E-state index is 13.5. The molecule has 1 atom stereocenters. The number of hydrogen-bond acceptors (Lipinski definition) is 5. The van der Waals surface area contributed by atoms with E-state index in [1.807, 2.05) is 32.9 Å². The number of aliphatic hydroxyl groups is 1. The molecule has 1 saturated heterocycles. The number of carbonyl (C=O) groups is 2. The summed E-state index contributed by atoms with van der Waals surface area (Å²) < 4.78 is 48.0. The summed E-state index contributed by atoms with van der Waals surface area (Å²) in [6.45, 7) is 7.80. The number of halogens is 3. The number of alkyl halides is 3. The van der Waals surface area contributed by atoms with E-state index < -0.39 is 29.8 Å². The predicted octanol–water partition coefficient (Wildman–Crippen LogP) is 6.83. The van der Waals surface area contributed by atoms with E-state index >= 15 is 0 Å². The van der Waals surface area contributed by atoms with E-state index in [9.17, 15) is 27.9 Å². The van der Waals surface area contributed by atoms with Gasteiger partial charge in [0.1, 0.15) is 17.3 Å². The fourth-order valence-corrected chi connectivity index (χ4v) is 4.52. The first kappa shape index (κ1) is 27.8. The Morgan fingerprint density at radius 2 is 1.59 bits per heavy atom. The molecule has 204 valence electrons. The fraction of sp³-hybridized carbons (Fsp3) is 0.267. The number of ether oxygens (including phenoxy) is 2. The van der Waals surface area contributed by atoms with Crippen LogP contribution in [0.5, 0.6) is 11.5 Å². The van der Waals surface area contributed by atoms with Crippen LogP contribution < -0.4 is 14.4 Å². The number of benzene rings is 3. The molecule has 1 aliphatic heterocycles. The van der Waals surface area contributed by atoms with E-state index in [1.165, 1.54) is 19.2 Å². The van der Waals surface area contributed by atoms with Gasteiger partial charge in [-0.05, 0) is 59.4 Å². The number of anilines is 1. The summed E-state index contributed by atoms with van der Waals surface area (Å²) in [4.78, 5) is 28.0. The van der Waals surface area contributed by atoms with E-state index in [-0.39, 0.29) is 22.4 Å². The molecule has 1 aliphatic rings. The molecule has 9 heteroatoms. The van der Waals surface area contributed by atoms with Gasteiger partial charge in [0.15, 0.2) is 0 Å². The van der Waals surface area contributed by atoms with E-state index in [1.54, 1.807) is 37.3 Å². The molecule has 0 aromatic heterocycles. The number of nitrogens with zero attached hydrogens (tertiary/aromatic N) is 1. The summed E-state index contributed by atoms with van der Waals surface area (Å²) in [5.74, 6) is -2.36. The SMILES string of the molecule is COc1ccc(C2/C(=C(\O)c3cc(C(C)(C)C)ccc3C)C(=O)C(=O)N2c2cccc(OC(F)(F)F)c2)cc1. The third kappa shape index (κ3) is 5.62. The normalized spacial score (nSPS) is 17.4. The summed E-state index contributed by atoms with van der Waals surface area (Å²) >= 11 is 0. The molecule has 4 rings (SSSR count). The van der Waals surface area contributed by atoms with Gasteiger partial charge < -0.3 is 14.6 Å². The first-order valence-corrected chi connectivity index (χ1v) is 12.1. The number of aryl methyl sites for hydroxylation is 1. The summed E-state index contributed by atoms with van der Waals surface area (Å²) in [5.41, 5.74) is 1.97. The van der Waals surface area contributed by atoms with Gasteiger partial charge in [0.05, 0.1) is 18.7 Å². The topological polar surface area (TPSA) is 76.1 Å². The molecule has 0 bridgehead atoms. The molecule has 6 nitrogen and oxygen atoms in total. The van der Waals surface area contributed by atoms with Crippen molar-refractivity contribution in [2.75, 3.05) is 12.0 Å². The van der Waals surface area contributed by atoms with Crippen molar-refractivity contribution in [3.63, 3.8) is 0 Å². The molecule has 3 aromatic rings. The standard InChI is InChI=1S/C30H28F3NO5/c1-17-9-12-19(29(2,3)4)15-23(17)26(35)24-25(18-10-13-21(38-5)14-11-18)34(28(37)27(24)36)20-7-6-8-22(16-20)39-30(31,32)33/h6-16,25,35H,1-5H3/b26-24+. The summed E-state index contributed by atoms with van der Waals surface area (Å²) in [6.07, 6.45) is -4.95. The van der Waals surface area contributed by atoms with Crippen molar-refractivity contribution < 1.29 is 37.3 Å².